The molecule has 0 aliphatic carbocycles. The van der Waals surface area contributed by atoms with Gasteiger partial charge in [-0.3, -0.25) is 4.98 Å². The summed E-state index contributed by atoms with van der Waals surface area (Å²) in [5, 5.41) is 8.88. The number of azo groups is 1. The quantitative estimate of drug-likeness (QED) is 0.550. The first-order valence-electron chi connectivity index (χ1n) is 9.55. The van der Waals surface area contributed by atoms with Gasteiger partial charge in [0.1, 0.15) is 6.54 Å². The number of morpholine rings is 1. The summed E-state index contributed by atoms with van der Waals surface area (Å²) in [6, 6.07) is 9.64. The van der Waals surface area contributed by atoms with Crippen molar-refractivity contribution in [1.29, 1.82) is 0 Å². The van der Waals surface area contributed by atoms with Crippen molar-refractivity contribution in [3.8, 4) is 11.1 Å². The Balaban J connectivity index is 1.50. The van der Waals surface area contributed by atoms with Crippen LogP contribution in [-0.2, 0) is 11.3 Å². The summed E-state index contributed by atoms with van der Waals surface area (Å²) in [4.78, 5) is 14.3. The lowest BCUT2D eigenvalue weighted by molar-refractivity contribution is 0.122. The molecular weight excluding hydrogens is 407 g/mol. The van der Waals surface area contributed by atoms with Crippen LogP contribution in [0.5, 0.6) is 0 Å². The van der Waals surface area contributed by atoms with Gasteiger partial charge in [-0.1, -0.05) is 23.7 Å². The highest BCUT2D eigenvalue weighted by atomic mass is 35.5. The van der Waals surface area contributed by atoms with Crippen molar-refractivity contribution in [2.45, 2.75) is 13.5 Å². The van der Waals surface area contributed by atoms with Crippen LogP contribution in [0.15, 0.2) is 53.0 Å². The van der Waals surface area contributed by atoms with Crippen molar-refractivity contribution in [2.75, 3.05) is 31.2 Å². The highest BCUT2D eigenvalue weighted by molar-refractivity contribution is 6.33. The molecule has 30 heavy (non-hydrogen) atoms. The average Bonchev–Trinajstić information content (AvgIpc) is 2.76. The maximum Gasteiger partial charge on any atom is 0.270 e. The van der Waals surface area contributed by atoms with Gasteiger partial charge in [0.25, 0.3) is 5.95 Å². The number of hydrogen-bond acceptors (Lipinski definition) is 7. The highest BCUT2D eigenvalue weighted by Crippen LogP contribution is 2.31. The van der Waals surface area contributed by atoms with E-state index < -0.39 is 5.82 Å². The van der Waals surface area contributed by atoms with Crippen molar-refractivity contribution in [2.24, 2.45) is 10.2 Å². The Morgan fingerprint density at radius 2 is 2.03 bits per heavy atom. The van der Waals surface area contributed by atoms with Gasteiger partial charge in [0.05, 0.1) is 25.1 Å². The smallest absolute Gasteiger partial charge is 0.270 e. The van der Waals surface area contributed by atoms with E-state index in [0.717, 1.165) is 28.6 Å². The minimum Gasteiger partial charge on any atom is -0.378 e. The lowest BCUT2D eigenvalue weighted by Crippen LogP contribution is -2.37. The van der Waals surface area contributed by atoms with Gasteiger partial charge in [-0.2, -0.15) is 10.1 Å². The second-order valence-electron chi connectivity index (χ2n) is 6.81. The molecule has 3 aromatic rings. The Bertz CT molecular complexity index is 1050. The topological polar surface area (TPSA) is 75.9 Å². The first-order chi connectivity index (χ1) is 14.6. The van der Waals surface area contributed by atoms with Crippen LogP contribution in [0.3, 0.4) is 0 Å². The van der Waals surface area contributed by atoms with E-state index in [9.17, 15) is 4.39 Å². The Morgan fingerprint density at radius 3 is 2.83 bits per heavy atom. The molecule has 9 heteroatoms. The summed E-state index contributed by atoms with van der Waals surface area (Å²) in [5.74, 6) is -0.159. The number of ether oxygens (including phenoxy) is 1. The lowest BCUT2D eigenvalue weighted by Gasteiger charge is -2.27. The van der Waals surface area contributed by atoms with Crippen LogP contribution in [0.25, 0.3) is 11.1 Å². The first-order valence-corrected chi connectivity index (χ1v) is 9.93. The molecule has 1 aromatic carbocycles. The highest BCUT2D eigenvalue weighted by Gasteiger charge is 2.17. The van der Waals surface area contributed by atoms with Crippen LogP contribution in [0.2, 0.25) is 5.02 Å². The van der Waals surface area contributed by atoms with Gasteiger partial charge in [0, 0.05) is 29.9 Å². The van der Waals surface area contributed by atoms with Crippen LogP contribution >= 0.6 is 11.6 Å². The minimum absolute atomic E-state index is 0.107. The second-order valence-corrected chi connectivity index (χ2v) is 7.22. The van der Waals surface area contributed by atoms with E-state index in [1.807, 2.05) is 42.2 Å². The van der Waals surface area contributed by atoms with E-state index in [4.69, 9.17) is 16.3 Å². The Kier molecular flexibility index (Phi) is 6.25. The number of anilines is 1. The molecule has 0 amide bonds. The van der Waals surface area contributed by atoms with Crippen LogP contribution in [-0.4, -0.2) is 41.3 Å². The van der Waals surface area contributed by atoms with E-state index in [0.29, 0.717) is 31.3 Å². The average molecular weight is 427 g/mol. The number of pyridine rings is 1. The fourth-order valence-corrected chi connectivity index (χ4v) is 3.61. The molecule has 2 aromatic heterocycles. The van der Waals surface area contributed by atoms with Crippen molar-refractivity contribution < 1.29 is 9.13 Å². The molecular formula is C21H20ClFN6O. The van der Waals surface area contributed by atoms with Crippen molar-refractivity contribution in [3.63, 3.8) is 0 Å². The summed E-state index contributed by atoms with van der Waals surface area (Å²) in [5.41, 5.74) is 3.74. The van der Waals surface area contributed by atoms with Gasteiger partial charge in [-0.15, -0.1) is 5.11 Å². The number of nitrogens with zero attached hydrogens (tertiary/aromatic N) is 6. The third-order valence-corrected chi connectivity index (χ3v) is 5.06. The second kappa shape index (κ2) is 9.23. The fraction of sp³-hybridized carbons (Fsp3) is 0.286. The SMILES string of the molecule is Cc1cccc(Cl)c1-c1ccnc(CN=Nc2ncc(F)c(N3CCOCC3)n2)c1. The summed E-state index contributed by atoms with van der Waals surface area (Å²) in [7, 11) is 0. The number of benzene rings is 1. The molecule has 154 valence electrons. The zero-order chi connectivity index (χ0) is 20.9. The van der Waals surface area contributed by atoms with Gasteiger partial charge < -0.3 is 9.64 Å². The van der Waals surface area contributed by atoms with Crippen LogP contribution in [0, 0.1) is 12.7 Å². The van der Waals surface area contributed by atoms with E-state index in [1.165, 1.54) is 0 Å². The molecule has 0 spiro atoms. The summed E-state index contributed by atoms with van der Waals surface area (Å²) in [6.45, 7) is 4.47. The van der Waals surface area contributed by atoms with Crippen LogP contribution in [0.4, 0.5) is 16.2 Å². The molecule has 7 nitrogen and oxygen atoms in total. The molecule has 1 saturated heterocycles. The number of aryl methyl sites for hydroxylation is 1. The molecule has 3 heterocycles. The van der Waals surface area contributed by atoms with Crippen LogP contribution < -0.4 is 4.90 Å². The van der Waals surface area contributed by atoms with Crippen LogP contribution in [0.1, 0.15) is 11.3 Å². The Morgan fingerprint density at radius 1 is 1.20 bits per heavy atom. The molecule has 1 fully saturated rings. The number of rotatable bonds is 5. The molecule has 0 bridgehead atoms. The number of halogens is 2. The first kappa shape index (κ1) is 20.3. The van der Waals surface area contributed by atoms with Gasteiger partial charge in [0.2, 0.25) is 0 Å². The number of hydrogen-bond donors (Lipinski definition) is 0. The largest absolute Gasteiger partial charge is 0.378 e. The van der Waals surface area contributed by atoms with Crippen molar-refractivity contribution in [3.05, 3.63) is 64.8 Å². The fourth-order valence-electron chi connectivity index (χ4n) is 3.28. The molecule has 0 N–H and O–H groups in total. The standard InChI is InChI=1S/C21H20ClFN6O/c1-14-3-2-4-17(22)19(14)15-5-6-24-16(11-15)12-26-28-21-25-13-18(23)20(27-21)29-7-9-30-10-8-29/h2-6,11,13H,7-10,12H2,1H3. The third-order valence-electron chi connectivity index (χ3n) is 4.74. The zero-order valence-electron chi connectivity index (χ0n) is 16.4. The van der Waals surface area contributed by atoms with E-state index >= 15 is 0 Å². The van der Waals surface area contributed by atoms with E-state index in [1.54, 1.807) is 6.20 Å². The summed E-state index contributed by atoms with van der Waals surface area (Å²) >= 11 is 6.37. The maximum atomic E-state index is 14.1. The van der Waals surface area contributed by atoms with Gasteiger partial charge >= 0.3 is 0 Å². The maximum absolute atomic E-state index is 14.1. The molecule has 0 unspecified atom stereocenters. The third kappa shape index (κ3) is 4.60. The predicted molar refractivity (Wildman–Crippen MR) is 113 cm³/mol. The lowest BCUT2D eigenvalue weighted by atomic mass is 10.0. The van der Waals surface area contributed by atoms with Gasteiger partial charge in [-0.05, 0) is 36.2 Å². The van der Waals surface area contributed by atoms with Gasteiger partial charge in [0.15, 0.2) is 11.6 Å². The molecule has 0 atom stereocenters. The Hall–Kier alpha value is -2.97. The molecule has 1 aliphatic heterocycles. The molecule has 4 rings (SSSR count). The molecule has 1 aliphatic rings. The minimum atomic E-state index is -0.486. The normalized spacial score (nSPS) is 14.4. The predicted octanol–water partition coefficient (Wildman–Crippen LogP) is 4.76. The Labute approximate surface area is 178 Å². The van der Waals surface area contributed by atoms with E-state index in [2.05, 4.69) is 25.2 Å². The number of aromatic nitrogens is 3. The van der Waals surface area contributed by atoms with Crippen molar-refractivity contribution >= 4 is 23.4 Å². The molecule has 0 saturated carbocycles. The van der Waals surface area contributed by atoms with E-state index in [-0.39, 0.29) is 18.3 Å². The van der Waals surface area contributed by atoms with Gasteiger partial charge in [-0.25, -0.2) is 9.37 Å². The zero-order valence-corrected chi connectivity index (χ0v) is 17.2. The van der Waals surface area contributed by atoms with Crippen molar-refractivity contribution in [1.82, 2.24) is 15.0 Å². The summed E-state index contributed by atoms with van der Waals surface area (Å²) in [6.07, 6.45) is 2.83. The monoisotopic (exact) mass is 426 g/mol. The summed E-state index contributed by atoms with van der Waals surface area (Å²) < 4.78 is 19.4. The molecule has 0 radical (unpaired) electrons.